The molecule has 30 heavy (non-hydrogen) atoms. The molecule has 0 spiro atoms. The van der Waals surface area contributed by atoms with Gasteiger partial charge in [-0.25, -0.2) is 9.59 Å². The van der Waals surface area contributed by atoms with E-state index in [1.165, 1.54) is 11.7 Å². The Balaban J connectivity index is 1.63. The lowest BCUT2D eigenvalue weighted by Crippen LogP contribution is -2.17. The van der Waals surface area contributed by atoms with E-state index in [1.54, 1.807) is 54.6 Å². The molecule has 0 aliphatic rings. The molecule has 4 rings (SSSR count). The van der Waals surface area contributed by atoms with E-state index in [4.69, 9.17) is 27.9 Å². The van der Waals surface area contributed by atoms with E-state index in [0.29, 0.717) is 38.4 Å². The molecular weight excluding hydrogens is 429 g/mol. The summed E-state index contributed by atoms with van der Waals surface area (Å²) in [6.07, 6.45) is 0. The SMILES string of the molecule is COC(=O)c1ccc(Oc2ccc3[nH]c(=O)n(Cc4ccc(Cl)c(Cl)c4)c3n2)cc1. The maximum Gasteiger partial charge on any atom is 0.337 e. The van der Waals surface area contributed by atoms with Gasteiger partial charge in [-0.15, -0.1) is 0 Å². The summed E-state index contributed by atoms with van der Waals surface area (Å²) in [6, 6.07) is 15.0. The zero-order chi connectivity index (χ0) is 21.3. The summed E-state index contributed by atoms with van der Waals surface area (Å²) in [7, 11) is 1.32. The average molecular weight is 444 g/mol. The molecular formula is C21H15Cl2N3O4. The number of halogens is 2. The molecule has 9 heteroatoms. The quantitative estimate of drug-likeness (QED) is 0.453. The van der Waals surface area contributed by atoms with Crippen molar-refractivity contribution in [3.05, 3.63) is 86.3 Å². The van der Waals surface area contributed by atoms with E-state index >= 15 is 0 Å². The Labute approximate surface area is 180 Å². The molecule has 2 aromatic heterocycles. The molecule has 0 atom stereocenters. The van der Waals surface area contributed by atoms with E-state index < -0.39 is 5.97 Å². The highest BCUT2D eigenvalue weighted by Crippen LogP contribution is 2.25. The Hall–Kier alpha value is -3.29. The van der Waals surface area contributed by atoms with Gasteiger partial charge in [0, 0.05) is 6.07 Å². The number of aromatic nitrogens is 3. The van der Waals surface area contributed by atoms with Crippen molar-refractivity contribution >= 4 is 40.3 Å². The number of carbonyl (C=O) groups excluding carboxylic acids is 1. The molecule has 0 saturated carbocycles. The van der Waals surface area contributed by atoms with Crippen LogP contribution in [0.3, 0.4) is 0 Å². The van der Waals surface area contributed by atoms with Crippen LogP contribution in [0, 0.1) is 0 Å². The number of ether oxygens (including phenoxy) is 2. The Kier molecular flexibility index (Phi) is 5.48. The third-order valence-electron chi connectivity index (χ3n) is 4.41. The molecule has 0 amide bonds. The maximum atomic E-state index is 12.4. The number of esters is 1. The zero-order valence-corrected chi connectivity index (χ0v) is 17.2. The van der Waals surface area contributed by atoms with Gasteiger partial charge >= 0.3 is 11.7 Å². The minimum Gasteiger partial charge on any atom is -0.465 e. The van der Waals surface area contributed by atoms with Crippen LogP contribution in [-0.2, 0) is 11.3 Å². The van der Waals surface area contributed by atoms with Crippen LogP contribution >= 0.6 is 23.2 Å². The van der Waals surface area contributed by atoms with Gasteiger partial charge in [0.15, 0.2) is 5.65 Å². The number of aromatic amines is 1. The van der Waals surface area contributed by atoms with Crippen molar-refractivity contribution in [3.8, 4) is 11.6 Å². The molecule has 0 aliphatic carbocycles. The number of hydrogen-bond donors (Lipinski definition) is 1. The molecule has 4 aromatic rings. The first-order chi connectivity index (χ1) is 14.4. The highest BCUT2D eigenvalue weighted by molar-refractivity contribution is 6.42. The number of methoxy groups -OCH3 is 1. The first kappa shape index (κ1) is 20.0. The lowest BCUT2D eigenvalue weighted by atomic mass is 10.2. The summed E-state index contributed by atoms with van der Waals surface area (Å²) in [4.78, 5) is 31.2. The number of nitrogens with zero attached hydrogens (tertiary/aromatic N) is 2. The molecule has 0 bridgehead atoms. The van der Waals surface area contributed by atoms with Crippen molar-refractivity contribution < 1.29 is 14.3 Å². The van der Waals surface area contributed by atoms with Gasteiger partial charge in [0.2, 0.25) is 5.88 Å². The van der Waals surface area contributed by atoms with Crippen molar-refractivity contribution in [2.45, 2.75) is 6.54 Å². The lowest BCUT2D eigenvalue weighted by Gasteiger charge is -2.07. The van der Waals surface area contributed by atoms with Crippen molar-refractivity contribution in [1.29, 1.82) is 0 Å². The number of benzene rings is 2. The molecule has 0 fully saturated rings. The Morgan fingerprint density at radius 1 is 1.07 bits per heavy atom. The Morgan fingerprint density at radius 2 is 1.83 bits per heavy atom. The number of fused-ring (bicyclic) bond motifs is 1. The van der Waals surface area contributed by atoms with Gasteiger partial charge in [0.25, 0.3) is 0 Å². The Morgan fingerprint density at radius 3 is 2.53 bits per heavy atom. The number of hydrogen-bond acceptors (Lipinski definition) is 5. The fraction of sp³-hybridized carbons (Fsp3) is 0.0952. The first-order valence-electron chi connectivity index (χ1n) is 8.84. The Bertz CT molecular complexity index is 1300. The number of pyridine rings is 1. The van der Waals surface area contributed by atoms with Crippen molar-refractivity contribution in [3.63, 3.8) is 0 Å². The molecule has 2 heterocycles. The number of H-pyrrole nitrogens is 1. The van der Waals surface area contributed by atoms with E-state index in [1.807, 2.05) is 0 Å². The van der Waals surface area contributed by atoms with Crippen LogP contribution in [0.1, 0.15) is 15.9 Å². The number of imidazole rings is 1. The van der Waals surface area contributed by atoms with Crippen molar-refractivity contribution in [1.82, 2.24) is 14.5 Å². The van der Waals surface area contributed by atoms with Gasteiger partial charge in [-0.1, -0.05) is 29.3 Å². The summed E-state index contributed by atoms with van der Waals surface area (Å²) >= 11 is 12.0. The fourth-order valence-electron chi connectivity index (χ4n) is 2.93. The van der Waals surface area contributed by atoms with Crippen LogP contribution in [0.2, 0.25) is 10.0 Å². The highest BCUT2D eigenvalue weighted by atomic mass is 35.5. The number of rotatable bonds is 5. The van der Waals surface area contributed by atoms with E-state index in [2.05, 4.69) is 14.7 Å². The second-order valence-electron chi connectivity index (χ2n) is 6.40. The van der Waals surface area contributed by atoms with Crippen LogP contribution in [0.5, 0.6) is 11.6 Å². The van der Waals surface area contributed by atoms with Crippen LogP contribution in [0.4, 0.5) is 0 Å². The van der Waals surface area contributed by atoms with Gasteiger partial charge in [-0.2, -0.15) is 4.98 Å². The van der Waals surface area contributed by atoms with Gasteiger partial charge in [0.1, 0.15) is 5.75 Å². The number of nitrogens with one attached hydrogen (secondary N) is 1. The zero-order valence-electron chi connectivity index (χ0n) is 15.7. The topological polar surface area (TPSA) is 86.2 Å². The minimum atomic E-state index is -0.431. The lowest BCUT2D eigenvalue weighted by molar-refractivity contribution is 0.0600. The highest BCUT2D eigenvalue weighted by Gasteiger charge is 2.12. The van der Waals surface area contributed by atoms with E-state index in [0.717, 1.165) is 5.56 Å². The maximum absolute atomic E-state index is 12.4. The van der Waals surface area contributed by atoms with Crippen LogP contribution in [0.25, 0.3) is 11.2 Å². The van der Waals surface area contributed by atoms with Crippen molar-refractivity contribution in [2.24, 2.45) is 0 Å². The third kappa shape index (κ3) is 4.03. The summed E-state index contributed by atoms with van der Waals surface area (Å²) in [5.74, 6) is 0.360. The number of carbonyl (C=O) groups is 1. The predicted octanol–water partition coefficient (Wildman–Crippen LogP) is 4.66. The summed E-state index contributed by atoms with van der Waals surface area (Å²) in [5.41, 5.74) is 1.93. The monoisotopic (exact) mass is 443 g/mol. The van der Waals surface area contributed by atoms with E-state index in [9.17, 15) is 9.59 Å². The third-order valence-corrected chi connectivity index (χ3v) is 5.15. The van der Waals surface area contributed by atoms with Gasteiger partial charge in [0.05, 0.1) is 34.8 Å². The standard InChI is InChI=1S/C21H15Cl2N3O4/c1-29-20(27)13-3-5-14(6-4-13)30-18-9-8-17-19(25-18)26(21(28)24-17)11-12-2-7-15(22)16(23)10-12/h2-10H,11H2,1H3,(H,24,28). The molecule has 0 saturated heterocycles. The average Bonchev–Trinajstić information content (AvgIpc) is 3.05. The molecule has 152 valence electrons. The first-order valence-corrected chi connectivity index (χ1v) is 9.60. The van der Waals surface area contributed by atoms with Crippen LogP contribution in [0.15, 0.2) is 59.4 Å². The second-order valence-corrected chi connectivity index (χ2v) is 7.22. The molecule has 0 unspecified atom stereocenters. The molecule has 0 aliphatic heterocycles. The van der Waals surface area contributed by atoms with Gasteiger partial charge in [-0.3, -0.25) is 4.57 Å². The van der Waals surface area contributed by atoms with Crippen LogP contribution in [-0.4, -0.2) is 27.6 Å². The summed E-state index contributed by atoms with van der Waals surface area (Å²) in [6.45, 7) is 0.264. The van der Waals surface area contributed by atoms with Crippen LogP contribution < -0.4 is 10.4 Å². The second kappa shape index (κ2) is 8.22. The molecule has 7 nitrogen and oxygen atoms in total. The largest absolute Gasteiger partial charge is 0.465 e. The minimum absolute atomic E-state index is 0.264. The molecule has 1 N–H and O–H groups in total. The van der Waals surface area contributed by atoms with Crippen molar-refractivity contribution in [2.75, 3.05) is 7.11 Å². The molecule has 0 radical (unpaired) electrons. The molecule has 2 aromatic carbocycles. The predicted molar refractivity (Wildman–Crippen MR) is 114 cm³/mol. The normalized spacial score (nSPS) is 10.9. The van der Waals surface area contributed by atoms with Gasteiger partial charge < -0.3 is 14.5 Å². The summed E-state index contributed by atoms with van der Waals surface area (Å²) < 4.78 is 11.9. The fourth-order valence-corrected chi connectivity index (χ4v) is 3.26. The smallest absolute Gasteiger partial charge is 0.337 e. The summed E-state index contributed by atoms with van der Waals surface area (Å²) in [5, 5.41) is 0.855. The van der Waals surface area contributed by atoms with Gasteiger partial charge in [-0.05, 0) is 48.0 Å². The van der Waals surface area contributed by atoms with E-state index in [-0.39, 0.29) is 12.2 Å².